The second kappa shape index (κ2) is 6.77. The van der Waals surface area contributed by atoms with E-state index in [1.807, 2.05) is 44.3 Å². The van der Waals surface area contributed by atoms with Crippen molar-refractivity contribution >= 4 is 15.9 Å². The van der Waals surface area contributed by atoms with E-state index in [9.17, 15) is 8.42 Å². The van der Waals surface area contributed by atoms with Crippen molar-refractivity contribution in [3.05, 3.63) is 30.3 Å². The number of hydrogen-bond donors (Lipinski definition) is 1. The lowest BCUT2D eigenvalue weighted by molar-refractivity contribution is 0.450. The molecule has 1 aliphatic rings. The monoisotopic (exact) mass is 311 g/mol. The number of nitrogens with one attached hydrogen (secondary N) is 1. The normalized spacial score (nSPS) is 21.4. The summed E-state index contributed by atoms with van der Waals surface area (Å²) in [4.78, 5) is 2.08. The van der Waals surface area contributed by atoms with Crippen molar-refractivity contribution in [3.63, 3.8) is 0 Å². The fourth-order valence-corrected chi connectivity index (χ4v) is 3.92. The predicted octanol–water partition coefficient (Wildman–Crippen LogP) is 1.69. The molecule has 1 aliphatic heterocycles. The number of para-hydroxylation sites is 1. The van der Waals surface area contributed by atoms with E-state index in [4.69, 9.17) is 0 Å². The molecule has 1 heterocycles. The molecule has 1 N–H and O–H groups in total. The number of hydrogen-bond acceptors (Lipinski definition) is 3. The molecule has 1 aromatic carbocycles. The summed E-state index contributed by atoms with van der Waals surface area (Å²) < 4.78 is 28.8. The van der Waals surface area contributed by atoms with Crippen molar-refractivity contribution < 1.29 is 8.42 Å². The van der Waals surface area contributed by atoms with Crippen LogP contribution >= 0.6 is 0 Å². The molecular weight excluding hydrogens is 286 g/mol. The van der Waals surface area contributed by atoms with Gasteiger partial charge in [0.05, 0.1) is 0 Å². The van der Waals surface area contributed by atoms with Crippen LogP contribution in [0.2, 0.25) is 0 Å². The Morgan fingerprint density at radius 1 is 1.38 bits per heavy atom. The van der Waals surface area contributed by atoms with Gasteiger partial charge in [0.25, 0.3) is 10.2 Å². The van der Waals surface area contributed by atoms with Crippen molar-refractivity contribution in [1.82, 2.24) is 9.03 Å². The lowest BCUT2D eigenvalue weighted by Crippen LogP contribution is -2.45. The molecule has 0 aromatic heterocycles. The molecule has 0 amide bonds. The van der Waals surface area contributed by atoms with Crippen LogP contribution in [0, 0.1) is 5.92 Å². The van der Waals surface area contributed by atoms with Gasteiger partial charge in [-0.3, -0.25) is 0 Å². The second-order valence-electron chi connectivity index (χ2n) is 5.90. The highest BCUT2D eigenvalue weighted by atomic mass is 32.2. The van der Waals surface area contributed by atoms with Gasteiger partial charge in [0.15, 0.2) is 0 Å². The zero-order chi connectivity index (χ0) is 15.5. The van der Waals surface area contributed by atoms with Gasteiger partial charge < -0.3 is 4.90 Å². The molecule has 21 heavy (non-hydrogen) atoms. The third kappa shape index (κ3) is 4.18. The zero-order valence-corrected chi connectivity index (χ0v) is 13.8. The highest BCUT2D eigenvalue weighted by Crippen LogP contribution is 2.18. The molecule has 118 valence electrons. The minimum Gasteiger partial charge on any atom is -0.371 e. The number of likely N-dealkylation sites (N-methyl/N-ethyl adjacent to an activating group) is 1. The third-order valence-corrected chi connectivity index (χ3v) is 5.66. The highest BCUT2D eigenvalue weighted by Gasteiger charge is 2.29. The maximum atomic E-state index is 12.2. The Kier molecular flexibility index (Phi) is 5.24. The van der Waals surface area contributed by atoms with Crippen LogP contribution in [-0.2, 0) is 10.2 Å². The van der Waals surface area contributed by atoms with Gasteiger partial charge in [-0.1, -0.05) is 25.1 Å². The Morgan fingerprint density at radius 3 is 2.62 bits per heavy atom. The average Bonchev–Trinajstić information content (AvgIpc) is 2.92. The first kappa shape index (κ1) is 16.3. The van der Waals surface area contributed by atoms with Gasteiger partial charge in [0.2, 0.25) is 0 Å². The molecular formula is C15H25N3O2S. The van der Waals surface area contributed by atoms with E-state index in [0.29, 0.717) is 25.6 Å². The summed E-state index contributed by atoms with van der Waals surface area (Å²) in [7, 11) is -1.37. The number of nitrogens with zero attached hydrogens (tertiary/aromatic N) is 2. The predicted molar refractivity (Wildman–Crippen MR) is 86.6 cm³/mol. The summed E-state index contributed by atoms with van der Waals surface area (Å²) in [5.41, 5.74) is 1.08. The average molecular weight is 311 g/mol. The van der Waals surface area contributed by atoms with Crippen LogP contribution < -0.4 is 9.62 Å². The van der Waals surface area contributed by atoms with Crippen LogP contribution in [0.15, 0.2) is 30.3 Å². The number of benzene rings is 1. The van der Waals surface area contributed by atoms with Crippen LogP contribution in [0.25, 0.3) is 0 Å². The van der Waals surface area contributed by atoms with E-state index < -0.39 is 10.2 Å². The van der Waals surface area contributed by atoms with Gasteiger partial charge in [-0.2, -0.15) is 12.7 Å². The minimum absolute atomic E-state index is 0.0854. The summed E-state index contributed by atoms with van der Waals surface area (Å²) in [6.45, 7) is 5.75. The quantitative estimate of drug-likeness (QED) is 0.870. The van der Waals surface area contributed by atoms with Gasteiger partial charge in [0, 0.05) is 38.4 Å². The van der Waals surface area contributed by atoms with Crippen molar-refractivity contribution in [1.29, 1.82) is 0 Å². The number of anilines is 1. The Morgan fingerprint density at radius 2 is 2.05 bits per heavy atom. The van der Waals surface area contributed by atoms with E-state index >= 15 is 0 Å². The highest BCUT2D eigenvalue weighted by molar-refractivity contribution is 7.87. The van der Waals surface area contributed by atoms with Gasteiger partial charge >= 0.3 is 0 Å². The summed E-state index contributed by atoms with van der Waals surface area (Å²) >= 11 is 0. The first-order valence-electron chi connectivity index (χ1n) is 7.43. The topological polar surface area (TPSA) is 52.7 Å². The van der Waals surface area contributed by atoms with E-state index in [-0.39, 0.29) is 6.04 Å². The van der Waals surface area contributed by atoms with Crippen molar-refractivity contribution in [2.45, 2.75) is 26.3 Å². The largest absolute Gasteiger partial charge is 0.371 e. The molecule has 0 radical (unpaired) electrons. The zero-order valence-electron chi connectivity index (χ0n) is 13.0. The molecule has 1 saturated heterocycles. The molecule has 2 rings (SSSR count). The molecule has 0 unspecified atom stereocenters. The van der Waals surface area contributed by atoms with Gasteiger partial charge in [0.1, 0.15) is 0 Å². The van der Waals surface area contributed by atoms with Gasteiger partial charge in [-0.15, -0.1) is 0 Å². The fraction of sp³-hybridized carbons (Fsp3) is 0.600. The van der Waals surface area contributed by atoms with E-state index in [1.54, 1.807) is 4.31 Å². The Bertz CT molecular complexity index is 547. The number of rotatable bonds is 6. The minimum atomic E-state index is -3.35. The molecule has 0 saturated carbocycles. The summed E-state index contributed by atoms with van der Waals surface area (Å²) in [5.74, 6) is 0.450. The summed E-state index contributed by atoms with van der Waals surface area (Å²) in [6.07, 6.45) is 0.945. The van der Waals surface area contributed by atoms with Crippen LogP contribution in [-0.4, -0.2) is 45.4 Å². The third-order valence-electron chi connectivity index (χ3n) is 4.11. The molecule has 6 heteroatoms. The molecule has 1 aromatic rings. The molecule has 5 nitrogen and oxygen atoms in total. The fourth-order valence-electron chi connectivity index (χ4n) is 2.48. The molecule has 0 spiro atoms. The maximum absolute atomic E-state index is 12.2. The van der Waals surface area contributed by atoms with Crippen molar-refractivity contribution in [2.24, 2.45) is 5.92 Å². The van der Waals surface area contributed by atoms with Gasteiger partial charge in [-0.05, 0) is 31.4 Å². The standard InChI is InChI=1S/C15H25N3O2S/c1-13-9-10-18(12-13)21(19,20)16-11-14(2)17(3)15-7-5-4-6-8-15/h4-8,13-14,16H,9-12H2,1-3H3/t13-,14+/m1/s1. The van der Waals surface area contributed by atoms with E-state index in [2.05, 4.69) is 16.5 Å². The van der Waals surface area contributed by atoms with Crippen molar-refractivity contribution in [2.75, 3.05) is 31.6 Å². The first-order valence-corrected chi connectivity index (χ1v) is 8.87. The first-order chi connectivity index (χ1) is 9.90. The summed E-state index contributed by atoms with van der Waals surface area (Å²) in [5, 5.41) is 0. The molecule has 0 aliphatic carbocycles. The smallest absolute Gasteiger partial charge is 0.279 e. The lowest BCUT2D eigenvalue weighted by atomic mass is 10.2. The lowest BCUT2D eigenvalue weighted by Gasteiger charge is -2.28. The molecule has 0 bridgehead atoms. The van der Waals surface area contributed by atoms with E-state index in [1.165, 1.54) is 0 Å². The maximum Gasteiger partial charge on any atom is 0.279 e. The van der Waals surface area contributed by atoms with Crippen LogP contribution in [0.3, 0.4) is 0 Å². The Balaban J connectivity index is 1.90. The summed E-state index contributed by atoms with van der Waals surface area (Å²) in [6, 6.07) is 10.1. The van der Waals surface area contributed by atoms with Crippen LogP contribution in [0.1, 0.15) is 20.3 Å². The molecule has 2 atom stereocenters. The van der Waals surface area contributed by atoms with E-state index in [0.717, 1.165) is 12.1 Å². The molecule has 1 fully saturated rings. The van der Waals surface area contributed by atoms with Crippen LogP contribution in [0.5, 0.6) is 0 Å². The van der Waals surface area contributed by atoms with Crippen LogP contribution in [0.4, 0.5) is 5.69 Å². The Labute approximate surface area is 128 Å². The Hall–Kier alpha value is -1.11. The van der Waals surface area contributed by atoms with Gasteiger partial charge in [-0.25, -0.2) is 4.72 Å². The van der Waals surface area contributed by atoms with Crippen molar-refractivity contribution in [3.8, 4) is 0 Å². The SMILES string of the molecule is C[C@@H]1CCN(S(=O)(=O)NC[C@H](C)N(C)c2ccccc2)C1. The second-order valence-corrected chi connectivity index (χ2v) is 7.66.